The van der Waals surface area contributed by atoms with Crippen molar-refractivity contribution in [2.45, 2.75) is 63.6 Å². The Morgan fingerprint density at radius 3 is 2.51 bits per heavy atom. The Morgan fingerprint density at radius 2 is 1.80 bits per heavy atom. The zero-order chi connectivity index (χ0) is 24.8. The van der Waals surface area contributed by atoms with E-state index in [1.54, 1.807) is 23.2 Å². The lowest BCUT2D eigenvalue weighted by Crippen LogP contribution is -2.44. The highest BCUT2D eigenvalue weighted by atomic mass is 19.4. The molecule has 0 unspecified atom stereocenters. The molecule has 1 N–H and O–H groups in total. The molecular weight excluding hydrogens is 461 g/mol. The van der Waals surface area contributed by atoms with Crippen LogP contribution in [0.2, 0.25) is 0 Å². The average molecular weight is 497 g/mol. The maximum Gasteiger partial charge on any atom is 0.391 e. The van der Waals surface area contributed by atoms with E-state index in [0.29, 0.717) is 18.8 Å². The molecule has 1 aromatic rings. The predicted octanol–water partition coefficient (Wildman–Crippen LogP) is 3.65. The van der Waals surface area contributed by atoms with Crippen LogP contribution in [0.4, 0.5) is 13.2 Å². The highest BCUT2D eigenvalue weighted by Gasteiger charge is 2.44. The van der Waals surface area contributed by atoms with Crippen molar-refractivity contribution >= 4 is 11.8 Å². The van der Waals surface area contributed by atoms with Crippen LogP contribution in [0.1, 0.15) is 61.9 Å². The van der Waals surface area contributed by atoms with Crippen molar-refractivity contribution in [3.63, 3.8) is 0 Å². The van der Waals surface area contributed by atoms with Crippen LogP contribution in [0.25, 0.3) is 0 Å². The van der Waals surface area contributed by atoms with E-state index >= 15 is 0 Å². The Kier molecular flexibility index (Phi) is 8.51. The third-order valence-electron chi connectivity index (χ3n) is 7.53. The number of nitrogens with zero attached hydrogens (tertiary/aromatic N) is 3. The summed E-state index contributed by atoms with van der Waals surface area (Å²) in [5.41, 5.74) is 0.218. The van der Waals surface area contributed by atoms with Gasteiger partial charge in [0.25, 0.3) is 5.91 Å². The van der Waals surface area contributed by atoms with Gasteiger partial charge in [0.15, 0.2) is 11.4 Å². The number of aromatic nitrogens is 1. The Bertz CT molecular complexity index is 868. The molecule has 10 heteroatoms. The molecule has 1 aliphatic carbocycles. The molecule has 3 heterocycles. The summed E-state index contributed by atoms with van der Waals surface area (Å²) >= 11 is 0. The van der Waals surface area contributed by atoms with Crippen LogP contribution in [-0.2, 0) is 4.79 Å². The number of carbonyl (C=O) groups is 2. The van der Waals surface area contributed by atoms with Gasteiger partial charge in [0.1, 0.15) is 6.61 Å². The number of pyridine rings is 1. The SMILES string of the molecule is O=C(NCCN1CCCC1)c1ncccc1OC[C@H]1CCCN1C(=O)[C@H]1CC[C@H](C(F)(F)F)CC1. The maximum atomic E-state index is 13.1. The van der Waals surface area contributed by atoms with Crippen LogP contribution in [0.15, 0.2) is 18.3 Å². The lowest BCUT2D eigenvalue weighted by atomic mass is 9.81. The second-order valence-electron chi connectivity index (χ2n) is 9.88. The summed E-state index contributed by atoms with van der Waals surface area (Å²) in [5.74, 6) is -1.64. The van der Waals surface area contributed by atoms with Crippen molar-refractivity contribution in [2.24, 2.45) is 11.8 Å². The zero-order valence-corrected chi connectivity index (χ0v) is 20.1. The van der Waals surface area contributed by atoms with Gasteiger partial charge in [0.2, 0.25) is 5.91 Å². The van der Waals surface area contributed by atoms with Gasteiger partial charge in [-0.15, -0.1) is 0 Å². The number of hydrogen-bond acceptors (Lipinski definition) is 5. The lowest BCUT2D eigenvalue weighted by molar-refractivity contribution is -0.185. The van der Waals surface area contributed by atoms with Crippen molar-refractivity contribution in [2.75, 3.05) is 39.3 Å². The van der Waals surface area contributed by atoms with Crippen LogP contribution in [0.3, 0.4) is 0 Å². The summed E-state index contributed by atoms with van der Waals surface area (Å²) < 4.78 is 44.9. The quantitative estimate of drug-likeness (QED) is 0.595. The van der Waals surface area contributed by atoms with E-state index in [0.717, 1.165) is 32.5 Å². The molecule has 35 heavy (non-hydrogen) atoms. The van der Waals surface area contributed by atoms with E-state index in [9.17, 15) is 22.8 Å². The van der Waals surface area contributed by atoms with E-state index in [1.807, 2.05) is 0 Å². The molecule has 2 saturated heterocycles. The Morgan fingerprint density at radius 1 is 1.06 bits per heavy atom. The standard InChI is InChI=1S/C25H35F3N4O3/c26-25(27,28)19-9-7-18(8-10-19)24(34)32-15-4-5-20(32)17-35-21-6-3-11-29-22(21)23(33)30-12-16-31-13-1-2-14-31/h3,6,11,18-20H,1-2,4-5,7-10,12-17H2,(H,30,33)/t18-,19-,20-/m1/s1. The highest BCUT2D eigenvalue weighted by molar-refractivity contribution is 5.94. The maximum absolute atomic E-state index is 13.1. The Hall–Kier alpha value is -2.36. The van der Waals surface area contributed by atoms with Gasteiger partial charge in [0.05, 0.1) is 12.0 Å². The fourth-order valence-corrected chi connectivity index (χ4v) is 5.48. The van der Waals surface area contributed by atoms with Gasteiger partial charge < -0.3 is 19.9 Å². The molecule has 7 nitrogen and oxygen atoms in total. The molecule has 4 rings (SSSR count). The van der Waals surface area contributed by atoms with Gasteiger partial charge in [-0.3, -0.25) is 9.59 Å². The molecule has 1 atom stereocenters. The molecule has 0 bridgehead atoms. The van der Waals surface area contributed by atoms with E-state index < -0.39 is 12.1 Å². The summed E-state index contributed by atoms with van der Waals surface area (Å²) in [6.07, 6.45) is 1.93. The van der Waals surface area contributed by atoms with Gasteiger partial charge in [-0.2, -0.15) is 13.2 Å². The van der Waals surface area contributed by atoms with Crippen LogP contribution in [-0.4, -0.2) is 78.1 Å². The number of hydrogen-bond donors (Lipinski definition) is 1. The van der Waals surface area contributed by atoms with Crippen molar-refractivity contribution in [3.8, 4) is 5.75 Å². The van der Waals surface area contributed by atoms with Crippen LogP contribution >= 0.6 is 0 Å². The molecule has 1 aromatic heterocycles. The second-order valence-corrected chi connectivity index (χ2v) is 9.88. The normalized spacial score (nSPS) is 25.6. The molecule has 3 fully saturated rings. The van der Waals surface area contributed by atoms with E-state index in [2.05, 4.69) is 15.2 Å². The second kappa shape index (κ2) is 11.6. The molecule has 2 aliphatic heterocycles. The molecule has 2 amide bonds. The summed E-state index contributed by atoms with van der Waals surface area (Å²) in [5, 5.41) is 2.91. The summed E-state index contributed by atoms with van der Waals surface area (Å²) in [4.78, 5) is 34.1. The number of amides is 2. The van der Waals surface area contributed by atoms with Crippen molar-refractivity contribution in [3.05, 3.63) is 24.0 Å². The molecule has 0 spiro atoms. The monoisotopic (exact) mass is 496 g/mol. The molecule has 3 aliphatic rings. The van der Waals surface area contributed by atoms with Crippen LogP contribution in [0.5, 0.6) is 5.75 Å². The van der Waals surface area contributed by atoms with Gasteiger partial charge in [0, 0.05) is 31.7 Å². The lowest BCUT2D eigenvalue weighted by Gasteiger charge is -2.33. The summed E-state index contributed by atoms with van der Waals surface area (Å²) in [6.45, 7) is 4.28. The smallest absolute Gasteiger partial charge is 0.391 e. The minimum absolute atomic E-state index is 0.0147. The fourth-order valence-electron chi connectivity index (χ4n) is 5.48. The molecule has 0 radical (unpaired) electrons. The largest absolute Gasteiger partial charge is 0.489 e. The summed E-state index contributed by atoms with van der Waals surface area (Å²) in [6, 6.07) is 3.24. The number of carbonyl (C=O) groups excluding carboxylic acids is 2. The van der Waals surface area contributed by atoms with Crippen LogP contribution < -0.4 is 10.1 Å². The van der Waals surface area contributed by atoms with Crippen molar-refractivity contribution in [1.29, 1.82) is 0 Å². The molecule has 194 valence electrons. The van der Waals surface area contributed by atoms with Gasteiger partial charge in [-0.25, -0.2) is 4.98 Å². The number of ether oxygens (including phenoxy) is 1. The van der Waals surface area contributed by atoms with Gasteiger partial charge in [-0.05, 0) is 76.6 Å². The third-order valence-corrected chi connectivity index (χ3v) is 7.53. The molecule has 0 aromatic carbocycles. The number of halogens is 3. The topological polar surface area (TPSA) is 74.8 Å². The predicted molar refractivity (Wildman–Crippen MR) is 124 cm³/mol. The fraction of sp³-hybridized carbons (Fsp3) is 0.720. The van der Waals surface area contributed by atoms with E-state index in [-0.39, 0.29) is 61.8 Å². The first-order chi connectivity index (χ1) is 16.8. The Labute approximate surface area is 204 Å². The highest BCUT2D eigenvalue weighted by Crippen LogP contribution is 2.40. The minimum Gasteiger partial charge on any atom is -0.489 e. The molecule has 1 saturated carbocycles. The van der Waals surface area contributed by atoms with Crippen LogP contribution in [0, 0.1) is 11.8 Å². The third kappa shape index (κ3) is 6.65. The van der Waals surface area contributed by atoms with E-state index in [4.69, 9.17) is 4.74 Å². The van der Waals surface area contributed by atoms with E-state index in [1.165, 1.54) is 12.8 Å². The van der Waals surface area contributed by atoms with Gasteiger partial charge >= 0.3 is 6.18 Å². The minimum atomic E-state index is -4.18. The number of likely N-dealkylation sites (tertiary alicyclic amines) is 2. The summed E-state index contributed by atoms with van der Waals surface area (Å²) in [7, 11) is 0. The first-order valence-corrected chi connectivity index (χ1v) is 12.8. The van der Waals surface area contributed by atoms with Crippen molar-refractivity contribution in [1.82, 2.24) is 20.1 Å². The average Bonchev–Trinajstić information content (AvgIpc) is 3.54. The number of nitrogens with one attached hydrogen (secondary N) is 1. The van der Waals surface area contributed by atoms with Crippen molar-refractivity contribution < 1.29 is 27.5 Å². The number of alkyl halides is 3. The Balaban J connectivity index is 1.28. The zero-order valence-electron chi connectivity index (χ0n) is 20.1. The first kappa shape index (κ1) is 25.7. The molecular formula is C25H35F3N4O3. The first-order valence-electron chi connectivity index (χ1n) is 12.8. The van der Waals surface area contributed by atoms with Gasteiger partial charge in [-0.1, -0.05) is 0 Å². The number of rotatable bonds is 8.